The molecule has 14 nitrogen and oxygen atoms in total. The lowest BCUT2D eigenvalue weighted by atomic mass is 10.1. The van der Waals surface area contributed by atoms with E-state index in [1.54, 1.807) is 13.8 Å². The van der Waals surface area contributed by atoms with E-state index in [2.05, 4.69) is 24.8 Å². The molecule has 0 spiro atoms. The van der Waals surface area contributed by atoms with Gasteiger partial charge in [0.2, 0.25) is 31.9 Å². The fraction of sp³-hybridized carbons (Fsp3) is 0.839. The summed E-state index contributed by atoms with van der Waals surface area (Å²) >= 11 is 1.43. The average Bonchev–Trinajstić information content (AvgIpc) is 2.96. The van der Waals surface area contributed by atoms with Gasteiger partial charge in [0, 0.05) is 51.9 Å². The van der Waals surface area contributed by atoms with E-state index in [1.807, 2.05) is 6.26 Å². The summed E-state index contributed by atoms with van der Waals surface area (Å²) in [5, 5.41) is 5.70. The number of sulfonamides is 2. The quantitative estimate of drug-likeness (QED) is 0.0580. The van der Waals surface area contributed by atoms with Crippen molar-refractivity contribution >= 4 is 61.2 Å². The van der Waals surface area contributed by atoms with Gasteiger partial charge in [-0.2, -0.15) is 0 Å². The van der Waals surface area contributed by atoms with Gasteiger partial charge in [0.1, 0.15) is 17.3 Å². The van der Waals surface area contributed by atoms with E-state index in [-0.39, 0.29) is 42.1 Å². The molecular weight excluding hydrogens is 683 g/mol. The van der Waals surface area contributed by atoms with E-state index in [0.29, 0.717) is 45.4 Å². The number of ketones is 3. The minimum atomic E-state index is -3.12. The van der Waals surface area contributed by atoms with Gasteiger partial charge < -0.3 is 20.2 Å². The third-order valence-electron chi connectivity index (χ3n) is 6.22. The number of hydrogen-bond donors (Lipinski definition) is 5. The van der Waals surface area contributed by atoms with Gasteiger partial charge in [0.25, 0.3) is 0 Å². The van der Waals surface area contributed by atoms with Crippen molar-refractivity contribution in [2.45, 2.75) is 117 Å². The first kappa shape index (κ1) is 50.5. The van der Waals surface area contributed by atoms with E-state index in [1.165, 1.54) is 18.9 Å². The van der Waals surface area contributed by atoms with E-state index >= 15 is 0 Å². The normalized spacial score (nSPS) is 11.0. The monoisotopic (exact) mass is 745 g/mol. The fourth-order valence-corrected chi connectivity index (χ4v) is 4.97. The molecule has 0 aromatic rings. The van der Waals surface area contributed by atoms with Crippen LogP contribution in [0.5, 0.6) is 0 Å². The number of carbonyl (C=O) groups excluding carboxylic acids is 5. The smallest absolute Gasteiger partial charge is 0.234 e. The van der Waals surface area contributed by atoms with Crippen LogP contribution in [0.2, 0.25) is 0 Å². The predicted octanol–water partition coefficient (Wildman–Crippen LogP) is 2.78. The van der Waals surface area contributed by atoms with Crippen molar-refractivity contribution in [3.63, 3.8) is 0 Å². The summed E-state index contributed by atoms with van der Waals surface area (Å²) in [6, 6.07) is 0. The lowest BCUT2D eigenvalue weighted by Crippen LogP contribution is -2.31. The SMILES string of the molecule is CC(=O)CCCCCNC(=O)CCCCCCCNS(C)(=O)=O.CC(=O)CCNS(C)(=O)=O.CSNCC(=O)NCCCCCC(C)=O. The first-order valence-electron chi connectivity index (χ1n) is 16.6. The number of nitrogens with one attached hydrogen (secondary N) is 5. The second kappa shape index (κ2) is 33.6. The number of hydrogen-bond acceptors (Lipinski definition) is 11. The topological polar surface area (TPSA) is 214 Å². The van der Waals surface area contributed by atoms with Crippen molar-refractivity contribution < 1.29 is 40.8 Å². The number of unbranched alkanes of at least 4 members (excludes halogenated alkanes) is 8. The lowest BCUT2D eigenvalue weighted by molar-refractivity contribution is -0.121. The highest BCUT2D eigenvalue weighted by molar-refractivity contribution is 7.96. The molecule has 0 rings (SSSR count). The summed E-state index contributed by atoms with van der Waals surface area (Å²) in [7, 11) is -6.19. The van der Waals surface area contributed by atoms with Crippen molar-refractivity contribution in [1.82, 2.24) is 24.8 Å². The lowest BCUT2D eigenvalue weighted by Gasteiger charge is -2.05. The Morgan fingerprint density at radius 2 is 0.854 bits per heavy atom. The first-order chi connectivity index (χ1) is 22.4. The van der Waals surface area contributed by atoms with Crippen molar-refractivity contribution in [2.75, 3.05) is 51.5 Å². The zero-order chi connectivity index (χ0) is 37.3. The molecule has 0 radical (unpaired) electrons. The van der Waals surface area contributed by atoms with E-state index in [4.69, 9.17) is 0 Å². The van der Waals surface area contributed by atoms with Crippen LogP contribution >= 0.6 is 11.9 Å². The highest BCUT2D eigenvalue weighted by Crippen LogP contribution is 2.05. The zero-order valence-corrected chi connectivity index (χ0v) is 32.5. The fourth-order valence-electron chi connectivity index (χ4n) is 3.71. The third kappa shape index (κ3) is 53.6. The van der Waals surface area contributed by atoms with E-state index in [9.17, 15) is 40.8 Å². The Kier molecular flexibility index (Phi) is 35.3. The van der Waals surface area contributed by atoms with Gasteiger partial charge in [-0.15, -0.1) is 0 Å². The highest BCUT2D eigenvalue weighted by Gasteiger charge is 2.03. The van der Waals surface area contributed by atoms with Gasteiger partial charge >= 0.3 is 0 Å². The molecule has 0 aliphatic heterocycles. The maximum absolute atomic E-state index is 11.6. The molecule has 2 amide bonds. The number of amides is 2. The van der Waals surface area contributed by atoms with Gasteiger partial charge in [-0.3, -0.25) is 19.1 Å². The molecule has 284 valence electrons. The first-order valence-corrected chi connectivity index (χ1v) is 21.6. The van der Waals surface area contributed by atoms with Gasteiger partial charge in [-0.05, 0) is 65.6 Å². The van der Waals surface area contributed by atoms with E-state index < -0.39 is 20.0 Å². The molecule has 0 saturated heterocycles. The molecule has 0 unspecified atom stereocenters. The average molecular weight is 746 g/mol. The molecule has 0 atom stereocenters. The molecule has 48 heavy (non-hydrogen) atoms. The van der Waals surface area contributed by atoms with Crippen LogP contribution in [0.1, 0.15) is 117 Å². The summed E-state index contributed by atoms with van der Waals surface area (Å²) in [6.45, 7) is 7.07. The summed E-state index contributed by atoms with van der Waals surface area (Å²) in [5.74, 6) is 0.562. The van der Waals surface area contributed by atoms with Gasteiger partial charge in [-0.1, -0.05) is 44.1 Å². The zero-order valence-electron chi connectivity index (χ0n) is 30.0. The second-order valence-corrected chi connectivity index (χ2v) is 15.9. The summed E-state index contributed by atoms with van der Waals surface area (Å²) in [6.07, 6.45) is 16.6. The maximum Gasteiger partial charge on any atom is 0.234 e. The van der Waals surface area contributed by atoms with Crippen LogP contribution < -0.4 is 24.8 Å². The summed E-state index contributed by atoms with van der Waals surface area (Å²) in [5.41, 5.74) is 0. The molecule has 0 fully saturated rings. The van der Waals surface area contributed by atoms with Crippen LogP contribution in [0.3, 0.4) is 0 Å². The van der Waals surface area contributed by atoms with Crippen LogP contribution in [-0.2, 0) is 44.0 Å². The Labute approximate surface area is 294 Å². The van der Waals surface area contributed by atoms with Gasteiger partial charge in [0.15, 0.2) is 0 Å². The second-order valence-electron chi connectivity index (χ2n) is 11.6. The van der Waals surface area contributed by atoms with Crippen LogP contribution in [-0.4, -0.2) is 97.5 Å². The Hall–Kier alpha value is -1.92. The third-order valence-corrected chi connectivity index (χ3v) is 8.11. The number of rotatable bonds is 28. The Bertz CT molecular complexity index is 1100. The Morgan fingerprint density at radius 3 is 1.31 bits per heavy atom. The highest BCUT2D eigenvalue weighted by atomic mass is 32.2. The van der Waals surface area contributed by atoms with E-state index in [0.717, 1.165) is 83.1 Å². The molecule has 0 bridgehead atoms. The van der Waals surface area contributed by atoms with Crippen LogP contribution in [0.15, 0.2) is 0 Å². The Balaban J connectivity index is -0.000000693. The molecule has 17 heteroatoms. The molecule has 0 aromatic heterocycles. The molecule has 0 aromatic carbocycles. The maximum atomic E-state index is 11.6. The standard InChI is InChI=1S/C16H32N2O4S.C10H20N2O2S.C5H11NO3S/c1-15(19)11-7-6-9-13-17-16(20)12-8-4-3-5-10-14-18-23(2,21)22;1-9(13)6-4-3-5-7-11-10(14)8-12-15-2;1-5(7)3-4-6-10(2,8)9/h18H,3-14H2,1-2H3,(H,17,20);12H,3-8H2,1-2H3,(H,11,14);6H,3-4H2,1-2H3. The molecule has 0 aliphatic carbocycles. The van der Waals surface area contributed by atoms with Crippen LogP contribution in [0, 0.1) is 0 Å². The van der Waals surface area contributed by atoms with Crippen molar-refractivity contribution in [2.24, 2.45) is 0 Å². The molecule has 0 aliphatic rings. The minimum Gasteiger partial charge on any atom is -0.356 e. The van der Waals surface area contributed by atoms with Gasteiger partial charge in [-0.25, -0.2) is 26.3 Å². The molecular formula is C31H63N5O9S3. The Morgan fingerprint density at radius 1 is 0.479 bits per heavy atom. The predicted molar refractivity (Wildman–Crippen MR) is 195 cm³/mol. The minimum absolute atomic E-state index is 0.0175. The number of Topliss-reactive ketones (excluding diaryl/α,β-unsaturated/α-hetero) is 3. The van der Waals surface area contributed by atoms with Crippen molar-refractivity contribution in [3.05, 3.63) is 0 Å². The van der Waals surface area contributed by atoms with Crippen molar-refractivity contribution in [3.8, 4) is 0 Å². The van der Waals surface area contributed by atoms with Crippen molar-refractivity contribution in [1.29, 1.82) is 0 Å². The van der Waals surface area contributed by atoms with Gasteiger partial charge in [0.05, 0.1) is 19.1 Å². The number of carbonyl (C=O) groups is 5. The summed E-state index contributed by atoms with van der Waals surface area (Å²) < 4.78 is 50.0. The van der Waals surface area contributed by atoms with Crippen LogP contribution in [0.25, 0.3) is 0 Å². The molecule has 5 N–H and O–H groups in total. The summed E-state index contributed by atoms with van der Waals surface area (Å²) in [4.78, 5) is 54.4. The largest absolute Gasteiger partial charge is 0.356 e. The molecule has 0 saturated carbocycles. The molecule has 0 heterocycles. The van der Waals surface area contributed by atoms with Crippen LogP contribution in [0.4, 0.5) is 0 Å².